The highest BCUT2D eigenvalue weighted by Crippen LogP contribution is 2.36. The Labute approximate surface area is 118 Å². The fourth-order valence-corrected chi connectivity index (χ4v) is 2.60. The van der Waals surface area contributed by atoms with Crippen molar-refractivity contribution in [3.63, 3.8) is 0 Å². The molecule has 3 N–H and O–H groups in total. The van der Waals surface area contributed by atoms with Crippen LogP contribution < -0.4 is 11.3 Å². The number of rotatable bonds is 7. The van der Waals surface area contributed by atoms with Crippen LogP contribution in [0.3, 0.4) is 0 Å². The van der Waals surface area contributed by atoms with E-state index in [4.69, 9.17) is 5.84 Å². The van der Waals surface area contributed by atoms with Crippen LogP contribution in [-0.2, 0) is 6.54 Å². The summed E-state index contributed by atoms with van der Waals surface area (Å²) in [4.78, 5) is 13.0. The van der Waals surface area contributed by atoms with E-state index in [0.717, 1.165) is 30.3 Å². The zero-order valence-electron chi connectivity index (χ0n) is 11.4. The number of anilines is 1. The molecule has 0 aliphatic heterocycles. The molecule has 3 rings (SSSR count). The topological polar surface area (TPSA) is 84.4 Å². The molecule has 0 bridgehead atoms. The van der Waals surface area contributed by atoms with Gasteiger partial charge < -0.3 is 5.43 Å². The van der Waals surface area contributed by atoms with Gasteiger partial charge in [0, 0.05) is 31.3 Å². The fourth-order valence-electron chi connectivity index (χ4n) is 2.60. The minimum Gasteiger partial charge on any atom is -0.324 e. The molecule has 0 spiro atoms. The zero-order chi connectivity index (χ0) is 14.1. The van der Waals surface area contributed by atoms with E-state index in [1.54, 1.807) is 12.1 Å². The van der Waals surface area contributed by atoms with Crippen molar-refractivity contribution >= 4 is 11.4 Å². The number of nitro benzene ring substituents is 1. The van der Waals surface area contributed by atoms with Crippen LogP contribution in [0.1, 0.15) is 31.2 Å². The Hall–Kier alpha value is -1.66. The first-order valence-corrected chi connectivity index (χ1v) is 7.15. The Morgan fingerprint density at radius 3 is 2.65 bits per heavy atom. The second-order valence-electron chi connectivity index (χ2n) is 5.85. The maximum absolute atomic E-state index is 10.9. The lowest BCUT2D eigenvalue weighted by Crippen LogP contribution is -2.28. The Bertz CT molecular complexity index is 512. The van der Waals surface area contributed by atoms with Crippen molar-refractivity contribution in [2.45, 2.75) is 38.3 Å². The summed E-state index contributed by atoms with van der Waals surface area (Å²) in [5, 5.41) is 10.9. The Morgan fingerprint density at radius 2 is 2.10 bits per heavy atom. The molecule has 20 heavy (non-hydrogen) atoms. The predicted octanol–water partition coefficient (Wildman–Crippen LogP) is 2.25. The molecule has 2 fully saturated rings. The van der Waals surface area contributed by atoms with Gasteiger partial charge in [-0.05, 0) is 43.2 Å². The van der Waals surface area contributed by atoms with Crippen LogP contribution in [0.5, 0.6) is 0 Å². The van der Waals surface area contributed by atoms with Gasteiger partial charge in [-0.25, -0.2) is 0 Å². The van der Waals surface area contributed by atoms with Gasteiger partial charge >= 0.3 is 0 Å². The van der Waals surface area contributed by atoms with E-state index in [0.29, 0.717) is 6.04 Å². The molecule has 2 aliphatic rings. The molecule has 0 heterocycles. The van der Waals surface area contributed by atoms with Crippen molar-refractivity contribution < 1.29 is 4.92 Å². The summed E-state index contributed by atoms with van der Waals surface area (Å²) < 4.78 is 0. The second kappa shape index (κ2) is 5.38. The van der Waals surface area contributed by atoms with Crippen molar-refractivity contribution in [1.82, 2.24) is 4.90 Å². The van der Waals surface area contributed by atoms with Crippen LogP contribution in [0.15, 0.2) is 18.2 Å². The molecule has 0 aromatic heterocycles. The van der Waals surface area contributed by atoms with Crippen LogP contribution >= 0.6 is 0 Å². The average Bonchev–Trinajstić information content (AvgIpc) is 3.30. The standard InChI is InChI=1S/C14H20N4O2/c15-16-14-6-5-13(18(19)20)7-11(14)9-17(12-3-4-12)8-10-1-2-10/h5-7,10,12,16H,1-4,8-9,15H2. The van der Waals surface area contributed by atoms with E-state index in [-0.39, 0.29) is 10.6 Å². The van der Waals surface area contributed by atoms with Crippen molar-refractivity contribution in [2.24, 2.45) is 11.8 Å². The van der Waals surface area contributed by atoms with Crippen LogP contribution in [0, 0.1) is 16.0 Å². The summed E-state index contributed by atoms with van der Waals surface area (Å²) in [6, 6.07) is 5.47. The molecule has 0 unspecified atom stereocenters. The number of nitrogens with one attached hydrogen (secondary N) is 1. The van der Waals surface area contributed by atoms with Gasteiger partial charge in [-0.3, -0.25) is 20.9 Å². The maximum Gasteiger partial charge on any atom is 0.269 e. The number of nitro groups is 1. The molecule has 1 aromatic carbocycles. The lowest BCUT2D eigenvalue weighted by atomic mass is 10.1. The lowest BCUT2D eigenvalue weighted by molar-refractivity contribution is -0.384. The van der Waals surface area contributed by atoms with Gasteiger partial charge in [-0.1, -0.05) is 0 Å². The van der Waals surface area contributed by atoms with E-state index in [2.05, 4.69) is 10.3 Å². The van der Waals surface area contributed by atoms with Crippen LogP contribution in [0.25, 0.3) is 0 Å². The number of hydrogen-bond acceptors (Lipinski definition) is 5. The van der Waals surface area contributed by atoms with E-state index < -0.39 is 0 Å². The highest BCUT2D eigenvalue weighted by molar-refractivity contribution is 5.55. The molecule has 2 aliphatic carbocycles. The summed E-state index contributed by atoms with van der Waals surface area (Å²) in [7, 11) is 0. The Kier molecular flexibility index (Phi) is 3.58. The van der Waals surface area contributed by atoms with E-state index >= 15 is 0 Å². The molecule has 0 amide bonds. The molecule has 108 valence electrons. The van der Waals surface area contributed by atoms with Crippen LogP contribution in [0.2, 0.25) is 0 Å². The maximum atomic E-state index is 10.9. The Morgan fingerprint density at radius 1 is 1.35 bits per heavy atom. The number of hydrogen-bond donors (Lipinski definition) is 2. The molecule has 6 nitrogen and oxygen atoms in total. The number of nitrogens with zero attached hydrogens (tertiary/aromatic N) is 2. The molecule has 2 saturated carbocycles. The SMILES string of the molecule is NNc1ccc([N+](=O)[O-])cc1CN(CC1CC1)C1CC1. The lowest BCUT2D eigenvalue weighted by Gasteiger charge is -2.23. The zero-order valence-corrected chi connectivity index (χ0v) is 11.4. The molecule has 1 aromatic rings. The molecular weight excluding hydrogens is 256 g/mol. The van der Waals surface area contributed by atoms with Gasteiger partial charge in [0.2, 0.25) is 0 Å². The van der Waals surface area contributed by atoms with Crippen LogP contribution in [-0.4, -0.2) is 22.4 Å². The third-order valence-electron chi connectivity index (χ3n) is 4.08. The number of benzene rings is 1. The number of nitrogen functional groups attached to an aromatic ring is 1. The van der Waals surface area contributed by atoms with E-state index in [9.17, 15) is 10.1 Å². The minimum atomic E-state index is -0.355. The highest BCUT2D eigenvalue weighted by Gasteiger charge is 2.34. The quantitative estimate of drug-likeness (QED) is 0.453. The number of non-ortho nitro benzene ring substituents is 1. The molecular formula is C14H20N4O2. The van der Waals surface area contributed by atoms with Crippen molar-refractivity contribution in [3.05, 3.63) is 33.9 Å². The summed E-state index contributed by atoms with van der Waals surface area (Å²) in [5.74, 6) is 6.34. The normalized spacial score (nSPS) is 18.3. The summed E-state index contributed by atoms with van der Waals surface area (Å²) >= 11 is 0. The summed E-state index contributed by atoms with van der Waals surface area (Å²) in [5.41, 5.74) is 4.46. The first-order valence-electron chi connectivity index (χ1n) is 7.15. The van der Waals surface area contributed by atoms with Crippen molar-refractivity contribution in [1.29, 1.82) is 0 Å². The third kappa shape index (κ3) is 3.08. The average molecular weight is 276 g/mol. The van der Waals surface area contributed by atoms with Crippen molar-refractivity contribution in [2.75, 3.05) is 12.0 Å². The molecule has 0 saturated heterocycles. The molecule has 6 heteroatoms. The Balaban J connectivity index is 1.78. The first kappa shape index (κ1) is 13.3. The third-order valence-corrected chi connectivity index (χ3v) is 4.08. The summed E-state index contributed by atoms with van der Waals surface area (Å²) in [6.07, 6.45) is 5.13. The number of hydrazine groups is 1. The molecule has 0 radical (unpaired) electrons. The predicted molar refractivity (Wildman–Crippen MR) is 77.1 cm³/mol. The van der Waals surface area contributed by atoms with Crippen molar-refractivity contribution in [3.8, 4) is 0 Å². The highest BCUT2D eigenvalue weighted by atomic mass is 16.6. The van der Waals surface area contributed by atoms with Crippen LogP contribution in [0.4, 0.5) is 11.4 Å². The van der Waals surface area contributed by atoms with Gasteiger partial charge in [0.1, 0.15) is 0 Å². The smallest absolute Gasteiger partial charge is 0.269 e. The largest absolute Gasteiger partial charge is 0.324 e. The van der Waals surface area contributed by atoms with Gasteiger partial charge in [0.25, 0.3) is 5.69 Å². The van der Waals surface area contributed by atoms with E-state index in [1.807, 2.05) is 0 Å². The van der Waals surface area contributed by atoms with Gasteiger partial charge in [-0.15, -0.1) is 0 Å². The van der Waals surface area contributed by atoms with Gasteiger partial charge in [0.05, 0.1) is 10.6 Å². The van der Waals surface area contributed by atoms with E-state index in [1.165, 1.54) is 31.7 Å². The summed E-state index contributed by atoms with van der Waals surface area (Å²) in [6.45, 7) is 1.85. The molecule has 0 atom stereocenters. The number of nitrogens with two attached hydrogens (primary N) is 1. The monoisotopic (exact) mass is 276 g/mol. The second-order valence-corrected chi connectivity index (χ2v) is 5.85. The minimum absolute atomic E-state index is 0.126. The fraction of sp³-hybridized carbons (Fsp3) is 0.571. The van der Waals surface area contributed by atoms with Gasteiger partial charge in [0.15, 0.2) is 0 Å². The van der Waals surface area contributed by atoms with Gasteiger partial charge in [-0.2, -0.15) is 0 Å². The first-order chi connectivity index (χ1) is 9.67.